The number of aromatic amines is 1. The van der Waals surface area contributed by atoms with Crippen LogP contribution in [0.5, 0.6) is 0 Å². The van der Waals surface area contributed by atoms with Crippen LogP contribution in [0.3, 0.4) is 0 Å². The van der Waals surface area contributed by atoms with E-state index in [0.29, 0.717) is 5.92 Å². The van der Waals surface area contributed by atoms with Gasteiger partial charge in [0.2, 0.25) is 5.91 Å². The Hall–Kier alpha value is -1.89. The van der Waals surface area contributed by atoms with Crippen molar-refractivity contribution in [2.24, 2.45) is 5.92 Å². The molecule has 1 aromatic heterocycles. The third-order valence-electron chi connectivity index (χ3n) is 5.82. The van der Waals surface area contributed by atoms with Gasteiger partial charge < -0.3 is 10.3 Å². The van der Waals surface area contributed by atoms with Crippen LogP contribution in [-0.2, 0) is 11.2 Å². The smallest absolute Gasteiger partial charge is 0.321 e. The van der Waals surface area contributed by atoms with E-state index >= 15 is 0 Å². The summed E-state index contributed by atoms with van der Waals surface area (Å²) in [5.41, 5.74) is 1.17. The van der Waals surface area contributed by atoms with Crippen LogP contribution in [0.2, 0.25) is 0 Å². The fraction of sp³-hybridized carbons (Fsp3) is 0.737. The molecule has 0 spiro atoms. The fourth-order valence-electron chi connectivity index (χ4n) is 4.10. The number of rotatable bonds is 5. The van der Waals surface area contributed by atoms with Crippen molar-refractivity contribution in [2.45, 2.75) is 70.4 Å². The third kappa shape index (κ3) is 5.30. The molecule has 2 heterocycles. The van der Waals surface area contributed by atoms with Gasteiger partial charge in [0.15, 0.2) is 0 Å². The highest BCUT2D eigenvalue weighted by Crippen LogP contribution is 2.22. The van der Waals surface area contributed by atoms with Crippen LogP contribution in [0.1, 0.15) is 57.6 Å². The summed E-state index contributed by atoms with van der Waals surface area (Å²) >= 11 is 0. The van der Waals surface area contributed by atoms with E-state index in [9.17, 15) is 9.59 Å². The predicted molar refractivity (Wildman–Crippen MR) is 99.6 cm³/mol. The Morgan fingerprint density at radius 1 is 1.23 bits per heavy atom. The lowest BCUT2D eigenvalue weighted by molar-refractivity contribution is -0.125. The fourth-order valence-corrected chi connectivity index (χ4v) is 4.10. The van der Waals surface area contributed by atoms with Gasteiger partial charge in [-0.1, -0.05) is 19.3 Å². The second kappa shape index (κ2) is 9.16. The van der Waals surface area contributed by atoms with Crippen molar-refractivity contribution < 1.29 is 9.59 Å². The number of amides is 3. The second-order valence-electron chi connectivity index (χ2n) is 7.73. The van der Waals surface area contributed by atoms with Gasteiger partial charge >= 0.3 is 6.03 Å². The number of hydrogen-bond donors (Lipinski definition) is 3. The highest BCUT2D eigenvalue weighted by Gasteiger charge is 2.28. The van der Waals surface area contributed by atoms with Crippen molar-refractivity contribution in [2.75, 3.05) is 13.1 Å². The van der Waals surface area contributed by atoms with E-state index in [4.69, 9.17) is 0 Å². The van der Waals surface area contributed by atoms with Crippen molar-refractivity contribution in [1.82, 2.24) is 25.5 Å². The molecule has 7 nitrogen and oxygen atoms in total. The molecule has 0 bridgehead atoms. The molecule has 3 N–H and O–H groups in total. The quantitative estimate of drug-likeness (QED) is 0.750. The lowest BCUT2D eigenvalue weighted by atomic mass is 9.91. The van der Waals surface area contributed by atoms with Gasteiger partial charge in [-0.05, 0) is 58.0 Å². The molecule has 1 aliphatic carbocycles. The Balaban J connectivity index is 1.38. The third-order valence-corrected chi connectivity index (χ3v) is 5.82. The molecular formula is C19H31N5O2. The Labute approximate surface area is 155 Å². The van der Waals surface area contributed by atoms with E-state index in [1.165, 1.54) is 12.1 Å². The summed E-state index contributed by atoms with van der Waals surface area (Å²) in [5, 5.41) is 5.47. The number of carbonyl (C=O) groups excluding carboxylic acids is 2. The second-order valence-corrected chi connectivity index (χ2v) is 7.73. The molecular weight excluding hydrogens is 330 g/mol. The number of H-pyrrole nitrogens is 1. The van der Waals surface area contributed by atoms with Crippen LogP contribution >= 0.6 is 0 Å². The summed E-state index contributed by atoms with van der Waals surface area (Å²) in [6.07, 6.45) is 12.3. The van der Waals surface area contributed by atoms with Crippen LogP contribution in [-0.4, -0.2) is 52.0 Å². The maximum atomic E-state index is 12.4. The lowest BCUT2D eigenvalue weighted by Crippen LogP contribution is -2.53. The van der Waals surface area contributed by atoms with E-state index in [2.05, 4.69) is 25.5 Å². The van der Waals surface area contributed by atoms with Crippen molar-refractivity contribution in [1.29, 1.82) is 0 Å². The molecule has 26 heavy (non-hydrogen) atoms. The summed E-state index contributed by atoms with van der Waals surface area (Å²) in [7, 11) is 0. The number of imidazole rings is 1. The summed E-state index contributed by atoms with van der Waals surface area (Å²) in [4.78, 5) is 33.9. The van der Waals surface area contributed by atoms with Crippen LogP contribution in [0.25, 0.3) is 0 Å². The molecule has 3 rings (SSSR count). The minimum Gasteiger partial charge on any atom is -0.348 e. The number of imide groups is 1. The molecule has 2 fully saturated rings. The van der Waals surface area contributed by atoms with Gasteiger partial charge in [0, 0.05) is 17.9 Å². The largest absolute Gasteiger partial charge is 0.348 e. The van der Waals surface area contributed by atoms with Gasteiger partial charge in [0.1, 0.15) is 0 Å². The molecule has 3 amide bonds. The van der Waals surface area contributed by atoms with Crippen LogP contribution < -0.4 is 10.6 Å². The summed E-state index contributed by atoms with van der Waals surface area (Å²) in [6, 6.07) is -0.409. The van der Waals surface area contributed by atoms with Crippen LogP contribution in [0, 0.1) is 5.92 Å². The first-order valence-electron chi connectivity index (χ1n) is 9.94. The molecule has 2 aliphatic rings. The van der Waals surface area contributed by atoms with Gasteiger partial charge in [-0.15, -0.1) is 0 Å². The average molecular weight is 361 g/mol. The number of likely N-dealkylation sites (tertiary alicyclic amines) is 1. The zero-order chi connectivity index (χ0) is 18.4. The maximum absolute atomic E-state index is 12.4. The van der Waals surface area contributed by atoms with Gasteiger partial charge in [-0.3, -0.25) is 15.0 Å². The highest BCUT2D eigenvalue weighted by atomic mass is 16.2. The van der Waals surface area contributed by atoms with Crippen molar-refractivity contribution >= 4 is 11.9 Å². The predicted octanol–water partition coefficient (Wildman–Crippen LogP) is 2.21. The van der Waals surface area contributed by atoms with Gasteiger partial charge in [0.05, 0.1) is 12.4 Å². The normalized spacial score (nSPS) is 21.3. The summed E-state index contributed by atoms with van der Waals surface area (Å²) in [6.45, 7) is 3.66. The maximum Gasteiger partial charge on any atom is 0.321 e. The SMILES string of the molecule is CC(C(=O)NC(=O)NC1CCCCC1)N1CCC(Cc2cnc[nH]2)CC1. The molecule has 0 aromatic carbocycles. The van der Waals surface area contributed by atoms with Crippen molar-refractivity contribution in [3.63, 3.8) is 0 Å². The summed E-state index contributed by atoms with van der Waals surface area (Å²) in [5.74, 6) is 0.418. The minimum atomic E-state index is -0.345. The molecule has 1 unspecified atom stereocenters. The molecule has 1 atom stereocenters. The number of hydrogen-bond acceptors (Lipinski definition) is 4. The number of aromatic nitrogens is 2. The number of piperidine rings is 1. The molecule has 7 heteroatoms. The minimum absolute atomic E-state index is 0.203. The van der Waals surface area contributed by atoms with Crippen LogP contribution in [0.4, 0.5) is 4.79 Å². The average Bonchev–Trinajstić information content (AvgIpc) is 3.15. The first-order chi connectivity index (χ1) is 12.6. The van der Waals surface area contributed by atoms with E-state index in [1.54, 1.807) is 6.33 Å². The van der Waals surface area contributed by atoms with E-state index in [0.717, 1.165) is 58.0 Å². The molecule has 0 radical (unpaired) electrons. The number of carbonyl (C=O) groups is 2. The van der Waals surface area contributed by atoms with Gasteiger partial charge in [0.25, 0.3) is 0 Å². The first-order valence-corrected chi connectivity index (χ1v) is 9.94. The molecule has 1 aromatic rings. The lowest BCUT2D eigenvalue weighted by Gasteiger charge is -2.35. The number of nitrogens with zero attached hydrogens (tertiary/aromatic N) is 2. The monoisotopic (exact) mass is 361 g/mol. The Morgan fingerprint density at radius 2 is 1.96 bits per heavy atom. The Morgan fingerprint density at radius 3 is 2.62 bits per heavy atom. The van der Waals surface area contributed by atoms with Crippen molar-refractivity contribution in [3.05, 3.63) is 18.2 Å². The topological polar surface area (TPSA) is 90.1 Å². The zero-order valence-electron chi connectivity index (χ0n) is 15.7. The molecule has 1 saturated carbocycles. The van der Waals surface area contributed by atoms with Crippen molar-refractivity contribution in [3.8, 4) is 0 Å². The molecule has 144 valence electrons. The van der Waals surface area contributed by atoms with Crippen LogP contribution in [0.15, 0.2) is 12.5 Å². The number of nitrogens with one attached hydrogen (secondary N) is 3. The Kier molecular flexibility index (Phi) is 6.66. The molecule has 1 aliphatic heterocycles. The van der Waals surface area contributed by atoms with E-state index in [1.807, 2.05) is 13.1 Å². The highest BCUT2D eigenvalue weighted by molar-refractivity contribution is 5.96. The van der Waals surface area contributed by atoms with Gasteiger partial charge in [-0.25, -0.2) is 9.78 Å². The first kappa shape index (κ1) is 18.9. The molecule has 1 saturated heterocycles. The summed E-state index contributed by atoms with van der Waals surface area (Å²) < 4.78 is 0. The standard InChI is InChI=1S/C19H31N5O2/c1-14(18(25)23-19(26)22-16-5-3-2-4-6-16)24-9-7-15(8-10-24)11-17-12-20-13-21-17/h12-16H,2-11H2,1H3,(H,20,21)(H2,22,23,25,26). The Bertz CT molecular complexity index is 575. The number of urea groups is 1. The zero-order valence-corrected chi connectivity index (χ0v) is 15.7. The van der Waals surface area contributed by atoms with E-state index in [-0.39, 0.29) is 24.0 Å². The van der Waals surface area contributed by atoms with E-state index < -0.39 is 0 Å². The van der Waals surface area contributed by atoms with Gasteiger partial charge in [-0.2, -0.15) is 0 Å².